The predicted octanol–water partition coefficient (Wildman–Crippen LogP) is 2.51. The standard InChI is InChI=1S/C21H21N3O2/c25-19(9-8-15-5-4-11-22-13-15)23-12-10-17-18-14-24(21(26)20(17)18)16-6-2-1-3-7-16/h1-9,11,13,17-18,20H,10,12,14H2,(H,23,25)/b9-8+/t17-,18-,20+/m1/s1. The summed E-state index contributed by atoms with van der Waals surface area (Å²) in [5.41, 5.74) is 1.88. The van der Waals surface area contributed by atoms with E-state index in [1.807, 2.05) is 47.4 Å². The van der Waals surface area contributed by atoms with Crippen LogP contribution in [0.1, 0.15) is 12.0 Å². The molecule has 1 aliphatic heterocycles. The quantitative estimate of drug-likeness (QED) is 0.817. The fourth-order valence-electron chi connectivity index (χ4n) is 3.84. The number of piperidine rings is 1. The van der Waals surface area contributed by atoms with Crippen LogP contribution in [0.25, 0.3) is 6.08 Å². The zero-order valence-electron chi connectivity index (χ0n) is 14.4. The number of carbonyl (C=O) groups excluding carboxylic acids is 2. The maximum absolute atomic E-state index is 12.5. The van der Waals surface area contributed by atoms with Crippen molar-refractivity contribution in [1.82, 2.24) is 10.3 Å². The lowest BCUT2D eigenvalue weighted by Crippen LogP contribution is -2.30. The number of carbonyl (C=O) groups is 2. The van der Waals surface area contributed by atoms with Gasteiger partial charge in [0.1, 0.15) is 0 Å². The second-order valence-electron chi connectivity index (χ2n) is 6.84. The molecule has 1 aliphatic carbocycles. The van der Waals surface area contributed by atoms with Gasteiger partial charge < -0.3 is 10.2 Å². The molecule has 3 atom stereocenters. The van der Waals surface area contributed by atoms with E-state index in [0.717, 1.165) is 24.2 Å². The van der Waals surface area contributed by atoms with Crippen LogP contribution < -0.4 is 10.2 Å². The highest BCUT2D eigenvalue weighted by molar-refractivity contribution is 6.00. The number of anilines is 1. The summed E-state index contributed by atoms with van der Waals surface area (Å²) in [6, 6.07) is 13.6. The minimum Gasteiger partial charge on any atom is -0.353 e. The number of hydrogen-bond donors (Lipinski definition) is 1. The molecule has 1 saturated heterocycles. The Morgan fingerprint density at radius 1 is 1.23 bits per heavy atom. The van der Waals surface area contributed by atoms with Crippen LogP contribution in [0.4, 0.5) is 5.69 Å². The third-order valence-electron chi connectivity index (χ3n) is 5.23. The van der Waals surface area contributed by atoms with Crippen molar-refractivity contribution >= 4 is 23.6 Å². The number of pyridine rings is 1. The van der Waals surface area contributed by atoms with Gasteiger partial charge in [-0.3, -0.25) is 14.6 Å². The number of para-hydroxylation sites is 1. The predicted molar refractivity (Wildman–Crippen MR) is 100 cm³/mol. The Bertz CT molecular complexity index is 820. The third kappa shape index (κ3) is 3.38. The Labute approximate surface area is 152 Å². The van der Waals surface area contributed by atoms with Gasteiger partial charge >= 0.3 is 0 Å². The minimum absolute atomic E-state index is 0.114. The average molecular weight is 347 g/mol. The summed E-state index contributed by atoms with van der Waals surface area (Å²) in [5.74, 6) is 1.10. The Morgan fingerprint density at radius 3 is 2.77 bits per heavy atom. The van der Waals surface area contributed by atoms with Crippen molar-refractivity contribution in [2.24, 2.45) is 17.8 Å². The molecule has 2 heterocycles. The molecule has 1 N–H and O–H groups in total. The molecule has 0 unspecified atom stereocenters. The van der Waals surface area contributed by atoms with Crippen LogP contribution in [-0.4, -0.2) is 29.9 Å². The zero-order chi connectivity index (χ0) is 17.9. The van der Waals surface area contributed by atoms with Gasteiger partial charge in [0, 0.05) is 43.2 Å². The second kappa shape index (κ2) is 7.12. The van der Waals surface area contributed by atoms with Crippen molar-refractivity contribution in [2.75, 3.05) is 18.0 Å². The summed E-state index contributed by atoms with van der Waals surface area (Å²) in [7, 11) is 0. The average Bonchev–Trinajstić information content (AvgIpc) is 3.26. The van der Waals surface area contributed by atoms with E-state index >= 15 is 0 Å². The molecule has 0 bridgehead atoms. The summed E-state index contributed by atoms with van der Waals surface area (Å²) in [6.07, 6.45) is 7.53. The lowest BCUT2D eigenvalue weighted by atomic mass is 10.1. The molecule has 1 saturated carbocycles. The fourth-order valence-corrected chi connectivity index (χ4v) is 3.84. The van der Waals surface area contributed by atoms with Crippen LogP contribution >= 0.6 is 0 Å². The van der Waals surface area contributed by atoms with Crippen molar-refractivity contribution < 1.29 is 9.59 Å². The fraction of sp³-hybridized carbons (Fsp3) is 0.286. The number of amides is 2. The van der Waals surface area contributed by atoms with E-state index in [2.05, 4.69) is 10.3 Å². The Kier molecular flexibility index (Phi) is 4.52. The van der Waals surface area contributed by atoms with Gasteiger partial charge in [-0.15, -0.1) is 0 Å². The van der Waals surface area contributed by atoms with E-state index in [-0.39, 0.29) is 17.7 Å². The van der Waals surface area contributed by atoms with Gasteiger partial charge in [0.05, 0.1) is 0 Å². The highest BCUT2D eigenvalue weighted by atomic mass is 16.2. The molecule has 5 nitrogen and oxygen atoms in total. The zero-order valence-corrected chi connectivity index (χ0v) is 14.4. The molecule has 2 fully saturated rings. The first kappa shape index (κ1) is 16.5. The molecule has 132 valence electrons. The number of aromatic nitrogens is 1. The van der Waals surface area contributed by atoms with Crippen LogP contribution in [0.3, 0.4) is 0 Å². The number of benzene rings is 1. The lowest BCUT2D eigenvalue weighted by Gasteiger charge is -2.20. The van der Waals surface area contributed by atoms with Crippen molar-refractivity contribution in [3.8, 4) is 0 Å². The van der Waals surface area contributed by atoms with Crippen LogP contribution in [0.5, 0.6) is 0 Å². The smallest absolute Gasteiger partial charge is 0.244 e. The van der Waals surface area contributed by atoms with Gasteiger partial charge in [0.15, 0.2) is 0 Å². The van der Waals surface area contributed by atoms with Crippen molar-refractivity contribution in [3.05, 3.63) is 66.5 Å². The first-order valence-corrected chi connectivity index (χ1v) is 8.96. The van der Waals surface area contributed by atoms with Crippen molar-refractivity contribution in [3.63, 3.8) is 0 Å². The van der Waals surface area contributed by atoms with Crippen LogP contribution in [-0.2, 0) is 9.59 Å². The summed E-state index contributed by atoms with van der Waals surface area (Å²) < 4.78 is 0. The van der Waals surface area contributed by atoms with Crippen LogP contribution in [0.15, 0.2) is 60.9 Å². The minimum atomic E-state index is -0.114. The maximum Gasteiger partial charge on any atom is 0.244 e. The van der Waals surface area contributed by atoms with Crippen LogP contribution in [0, 0.1) is 17.8 Å². The molecular weight excluding hydrogens is 326 g/mol. The molecular formula is C21H21N3O2. The summed E-state index contributed by atoms with van der Waals surface area (Å²) in [5, 5.41) is 2.90. The second-order valence-corrected chi connectivity index (χ2v) is 6.84. The number of nitrogens with zero attached hydrogens (tertiary/aromatic N) is 2. The lowest BCUT2D eigenvalue weighted by molar-refractivity contribution is -0.119. The van der Waals surface area contributed by atoms with E-state index in [1.165, 1.54) is 6.08 Å². The maximum atomic E-state index is 12.5. The molecule has 4 rings (SSSR count). The van der Waals surface area contributed by atoms with E-state index in [4.69, 9.17) is 0 Å². The Morgan fingerprint density at radius 2 is 2.08 bits per heavy atom. The molecule has 2 aliphatic rings. The normalized spacial score (nSPS) is 23.9. The Hall–Kier alpha value is -2.95. The molecule has 0 radical (unpaired) electrons. The van der Waals surface area contributed by atoms with E-state index < -0.39 is 0 Å². The van der Waals surface area contributed by atoms with Gasteiger partial charge in [-0.25, -0.2) is 0 Å². The van der Waals surface area contributed by atoms with Gasteiger partial charge in [-0.2, -0.15) is 0 Å². The van der Waals surface area contributed by atoms with E-state index in [0.29, 0.717) is 18.4 Å². The molecule has 5 heteroatoms. The summed E-state index contributed by atoms with van der Waals surface area (Å²) >= 11 is 0. The van der Waals surface area contributed by atoms with E-state index in [1.54, 1.807) is 18.5 Å². The molecule has 1 aromatic heterocycles. The van der Waals surface area contributed by atoms with Gasteiger partial charge in [-0.1, -0.05) is 24.3 Å². The van der Waals surface area contributed by atoms with Crippen LogP contribution in [0.2, 0.25) is 0 Å². The number of nitrogens with one attached hydrogen (secondary N) is 1. The van der Waals surface area contributed by atoms with Gasteiger partial charge in [0.2, 0.25) is 11.8 Å². The molecule has 2 amide bonds. The first-order chi connectivity index (χ1) is 12.7. The SMILES string of the molecule is O=C(/C=C/c1cccnc1)NCC[C@@H]1[C@H]2CN(c3ccccc3)C(=O)[C@@H]12. The number of fused-ring (bicyclic) bond motifs is 1. The number of hydrogen-bond acceptors (Lipinski definition) is 3. The monoisotopic (exact) mass is 347 g/mol. The van der Waals surface area contributed by atoms with Crippen molar-refractivity contribution in [2.45, 2.75) is 6.42 Å². The highest BCUT2D eigenvalue weighted by Gasteiger charge is 2.60. The third-order valence-corrected chi connectivity index (χ3v) is 5.23. The van der Waals surface area contributed by atoms with E-state index in [9.17, 15) is 9.59 Å². The molecule has 0 spiro atoms. The molecule has 2 aromatic rings. The van der Waals surface area contributed by atoms with Gasteiger partial charge in [0.25, 0.3) is 0 Å². The topological polar surface area (TPSA) is 62.3 Å². The largest absolute Gasteiger partial charge is 0.353 e. The first-order valence-electron chi connectivity index (χ1n) is 8.96. The summed E-state index contributed by atoms with van der Waals surface area (Å²) in [6.45, 7) is 1.40. The van der Waals surface area contributed by atoms with Gasteiger partial charge in [-0.05, 0) is 48.1 Å². The highest BCUT2D eigenvalue weighted by Crippen LogP contribution is 2.54. The number of rotatable bonds is 6. The molecule has 1 aromatic carbocycles. The van der Waals surface area contributed by atoms with Crippen molar-refractivity contribution in [1.29, 1.82) is 0 Å². The summed E-state index contributed by atoms with van der Waals surface area (Å²) in [4.78, 5) is 30.3. The Balaban J connectivity index is 1.21. The molecule has 26 heavy (non-hydrogen) atoms.